The average molecular weight is 359 g/mol. The van der Waals surface area contributed by atoms with Crippen LogP contribution in [0.1, 0.15) is 39.2 Å². The Hall–Kier alpha value is -2.20. The summed E-state index contributed by atoms with van der Waals surface area (Å²) in [4.78, 5) is 12.7. The highest BCUT2D eigenvalue weighted by Crippen LogP contribution is 2.49. The SMILES string of the molecule is CC(C)(C)NC(=O)C1(c2cccc(Oc3ccc(N)cc3Cl)c2)CC1. The van der Waals surface area contributed by atoms with Crippen LogP contribution < -0.4 is 15.8 Å². The first-order valence-electron chi connectivity index (χ1n) is 8.36. The zero-order chi connectivity index (χ0) is 18.2. The lowest BCUT2D eigenvalue weighted by molar-refractivity contribution is -0.125. The Morgan fingerprint density at radius 2 is 1.92 bits per heavy atom. The lowest BCUT2D eigenvalue weighted by Gasteiger charge is -2.25. The number of nitrogens with two attached hydrogens (primary N) is 1. The van der Waals surface area contributed by atoms with Gasteiger partial charge in [0.15, 0.2) is 0 Å². The summed E-state index contributed by atoms with van der Waals surface area (Å²) in [7, 11) is 0. The molecule has 0 heterocycles. The van der Waals surface area contributed by atoms with Gasteiger partial charge < -0.3 is 15.8 Å². The van der Waals surface area contributed by atoms with E-state index in [1.807, 2.05) is 45.0 Å². The number of hydrogen-bond acceptors (Lipinski definition) is 3. The molecule has 1 aliphatic rings. The second-order valence-electron chi connectivity index (χ2n) is 7.61. The fourth-order valence-corrected chi connectivity index (χ4v) is 3.04. The summed E-state index contributed by atoms with van der Waals surface area (Å²) in [6.45, 7) is 5.97. The van der Waals surface area contributed by atoms with Gasteiger partial charge in [0.2, 0.25) is 5.91 Å². The monoisotopic (exact) mass is 358 g/mol. The third-order valence-electron chi connectivity index (χ3n) is 4.24. The molecule has 5 heteroatoms. The fraction of sp³-hybridized carbons (Fsp3) is 0.350. The summed E-state index contributed by atoms with van der Waals surface area (Å²) >= 11 is 6.18. The first-order valence-corrected chi connectivity index (χ1v) is 8.73. The van der Waals surface area contributed by atoms with Crippen molar-refractivity contribution >= 4 is 23.2 Å². The standard InChI is InChI=1S/C20H23ClN2O2/c1-19(2,3)23-18(24)20(9-10-20)13-5-4-6-15(11-13)25-17-8-7-14(22)12-16(17)21/h4-8,11-12H,9-10,22H2,1-3H3,(H,23,24). The van der Waals surface area contributed by atoms with Gasteiger partial charge in [-0.3, -0.25) is 4.79 Å². The van der Waals surface area contributed by atoms with E-state index >= 15 is 0 Å². The van der Waals surface area contributed by atoms with E-state index in [1.54, 1.807) is 18.2 Å². The quantitative estimate of drug-likeness (QED) is 0.781. The van der Waals surface area contributed by atoms with E-state index in [0.717, 1.165) is 18.4 Å². The summed E-state index contributed by atoms with van der Waals surface area (Å²) in [5, 5.41) is 3.55. The molecule has 0 atom stereocenters. The van der Waals surface area contributed by atoms with Crippen LogP contribution in [0, 0.1) is 0 Å². The van der Waals surface area contributed by atoms with Crippen LogP contribution >= 0.6 is 11.6 Å². The van der Waals surface area contributed by atoms with Crippen LogP contribution in [0.15, 0.2) is 42.5 Å². The molecule has 0 aliphatic heterocycles. The molecule has 0 bridgehead atoms. The Labute approximate surface area is 153 Å². The molecule has 1 aliphatic carbocycles. The smallest absolute Gasteiger partial charge is 0.231 e. The number of carbonyl (C=O) groups excluding carboxylic acids is 1. The van der Waals surface area contributed by atoms with Crippen molar-refractivity contribution in [1.29, 1.82) is 0 Å². The molecule has 1 saturated carbocycles. The Balaban J connectivity index is 1.83. The van der Waals surface area contributed by atoms with Crippen LogP contribution in [0.4, 0.5) is 5.69 Å². The van der Waals surface area contributed by atoms with Gasteiger partial charge in [-0.15, -0.1) is 0 Å². The van der Waals surface area contributed by atoms with E-state index in [-0.39, 0.29) is 11.4 Å². The number of hydrogen-bond donors (Lipinski definition) is 2. The normalized spacial score (nSPS) is 15.5. The van der Waals surface area contributed by atoms with Gasteiger partial charge in [-0.1, -0.05) is 23.7 Å². The first-order chi connectivity index (χ1) is 11.7. The highest BCUT2D eigenvalue weighted by atomic mass is 35.5. The fourth-order valence-electron chi connectivity index (χ4n) is 2.82. The number of nitrogens with one attached hydrogen (secondary N) is 1. The van der Waals surface area contributed by atoms with Crippen LogP contribution in [0.3, 0.4) is 0 Å². The third kappa shape index (κ3) is 3.90. The zero-order valence-electron chi connectivity index (χ0n) is 14.7. The van der Waals surface area contributed by atoms with Crippen LogP contribution in [-0.4, -0.2) is 11.4 Å². The highest BCUT2D eigenvalue weighted by molar-refractivity contribution is 6.32. The molecule has 0 aromatic heterocycles. The Morgan fingerprint density at radius 3 is 2.52 bits per heavy atom. The average Bonchev–Trinajstić information content (AvgIpc) is 3.31. The number of carbonyl (C=O) groups is 1. The van der Waals surface area contributed by atoms with Gasteiger partial charge >= 0.3 is 0 Å². The van der Waals surface area contributed by atoms with E-state index in [4.69, 9.17) is 22.1 Å². The Kier molecular flexibility index (Phi) is 4.41. The maximum absolute atomic E-state index is 12.7. The summed E-state index contributed by atoms with van der Waals surface area (Å²) in [5.41, 5.74) is 6.57. The summed E-state index contributed by atoms with van der Waals surface area (Å²) in [6.07, 6.45) is 1.70. The van der Waals surface area contributed by atoms with Crippen molar-refractivity contribution in [3.8, 4) is 11.5 Å². The number of amides is 1. The molecule has 0 unspecified atom stereocenters. The maximum Gasteiger partial charge on any atom is 0.231 e. The molecule has 4 nitrogen and oxygen atoms in total. The van der Waals surface area contributed by atoms with Crippen molar-refractivity contribution in [2.75, 3.05) is 5.73 Å². The topological polar surface area (TPSA) is 64.3 Å². The third-order valence-corrected chi connectivity index (χ3v) is 4.54. The van der Waals surface area contributed by atoms with Gasteiger partial charge in [0, 0.05) is 11.2 Å². The molecule has 25 heavy (non-hydrogen) atoms. The largest absolute Gasteiger partial charge is 0.456 e. The lowest BCUT2D eigenvalue weighted by Crippen LogP contribution is -2.46. The number of ether oxygens (including phenoxy) is 1. The lowest BCUT2D eigenvalue weighted by atomic mass is 9.93. The van der Waals surface area contributed by atoms with Crippen molar-refractivity contribution in [1.82, 2.24) is 5.32 Å². The molecular formula is C20H23ClN2O2. The molecule has 0 spiro atoms. The Bertz CT molecular complexity index is 808. The van der Waals surface area contributed by atoms with E-state index in [2.05, 4.69) is 5.32 Å². The van der Waals surface area contributed by atoms with Crippen molar-refractivity contribution in [2.45, 2.75) is 44.6 Å². The van der Waals surface area contributed by atoms with E-state index in [9.17, 15) is 4.79 Å². The number of anilines is 1. The zero-order valence-corrected chi connectivity index (χ0v) is 15.5. The predicted octanol–water partition coefficient (Wildman–Crippen LogP) is 4.66. The molecule has 3 N–H and O–H groups in total. The maximum atomic E-state index is 12.7. The molecule has 3 rings (SSSR count). The minimum Gasteiger partial charge on any atom is -0.456 e. The van der Waals surface area contributed by atoms with Crippen molar-refractivity contribution < 1.29 is 9.53 Å². The van der Waals surface area contributed by atoms with E-state index in [1.165, 1.54) is 0 Å². The molecule has 2 aromatic carbocycles. The minimum absolute atomic E-state index is 0.0719. The van der Waals surface area contributed by atoms with Crippen molar-refractivity contribution in [3.63, 3.8) is 0 Å². The second-order valence-corrected chi connectivity index (χ2v) is 8.01. The van der Waals surface area contributed by atoms with Gasteiger partial charge in [0.1, 0.15) is 11.5 Å². The van der Waals surface area contributed by atoms with Gasteiger partial charge in [0.25, 0.3) is 0 Å². The van der Waals surface area contributed by atoms with Crippen molar-refractivity contribution in [2.24, 2.45) is 0 Å². The second kappa shape index (κ2) is 6.26. The number of rotatable bonds is 4. The molecular weight excluding hydrogens is 336 g/mol. The molecule has 132 valence electrons. The van der Waals surface area contributed by atoms with Gasteiger partial charge in [-0.25, -0.2) is 0 Å². The highest BCUT2D eigenvalue weighted by Gasteiger charge is 2.52. The Morgan fingerprint density at radius 1 is 1.20 bits per heavy atom. The minimum atomic E-state index is -0.447. The molecule has 2 aromatic rings. The van der Waals surface area contributed by atoms with E-state index in [0.29, 0.717) is 22.2 Å². The van der Waals surface area contributed by atoms with Crippen LogP contribution in [-0.2, 0) is 10.2 Å². The van der Waals surface area contributed by atoms with Crippen molar-refractivity contribution in [3.05, 3.63) is 53.1 Å². The van der Waals surface area contributed by atoms with Crippen LogP contribution in [0.2, 0.25) is 5.02 Å². The van der Waals surface area contributed by atoms with Crippen LogP contribution in [0.5, 0.6) is 11.5 Å². The molecule has 1 fully saturated rings. The molecule has 0 saturated heterocycles. The summed E-state index contributed by atoms with van der Waals surface area (Å²) < 4.78 is 5.89. The van der Waals surface area contributed by atoms with Crippen LogP contribution in [0.25, 0.3) is 0 Å². The summed E-state index contributed by atoms with van der Waals surface area (Å²) in [5.74, 6) is 1.26. The first kappa shape index (κ1) is 17.6. The van der Waals surface area contributed by atoms with Gasteiger partial charge in [-0.2, -0.15) is 0 Å². The van der Waals surface area contributed by atoms with Gasteiger partial charge in [0.05, 0.1) is 10.4 Å². The number of benzene rings is 2. The molecule has 1 amide bonds. The molecule has 0 radical (unpaired) electrons. The van der Waals surface area contributed by atoms with E-state index < -0.39 is 5.41 Å². The predicted molar refractivity (Wildman–Crippen MR) is 101 cm³/mol. The summed E-state index contributed by atoms with van der Waals surface area (Å²) in [6, 6.07) is 12.8. The number of nitrogen functional groups attached to an aromatic ring is 1. The number of halogens is 1. The van der Waals surface area contributed by atoms with Gasteiger partial charge in [-0.05, 0) is 69.5 Å².